The van der Waals surface area contributed by atoms with E-state index < -0.39 is 5.82 Å². The van der Waals surface area contributed by atoms with E-state index in [2.05, 4.69) is 0 Å². The van der Waals surface area contributed by atoms with E-state index in [1.165, 1.54) is 6.07 Å². The zero-order valence-corrected chi connectivity index (χ0v) is 9.12. The van der Waals surface area contributed by atoms with Crippen LogP contribution in [-0.4, -0.2) is 19.3 Å². The van der Waals surface area contributed by atoms with Crippen LogP contribution in [0.25, 0.3) is 0 Å². The van der Waals surface area contributed by atoms with Crippen molar-refractivity contribution in [3.05, 3.63) is 29.6 Å². The van der Waals surface area contributed by atoms with Crippen LogP contribution in [0.4, 0.5) is 10.1 Å². The van der Waals surface area contributed by atoms with Gasteiger partial charge >= 0.3 is 0 Å². The molecule has 0 aromatic heterocycles. The molecule has 0 radical (unpaired) electrons. The SMILES string of the molecule is Nc1ccc(COCC2CCCO2)cc1F. The summed E-state index contributed by atoms with van der Waals surface area (Å²) in [5, 5.41) is 0. The van der Waals surface area contributed by atoms with Crippen LogP contribution in [0.1, 0.15) is 18.4 Å². The van der Waals surface area contributed by atoms with Crippen LogP contribution in [0.15, 0.2) is 18.2 Å². The molecule has 0 aliphatic carbocycles. The van der Waals surface area contributed by atoms with Gasteiger partial charge < -0.3 is 15.2 Å². The Morgan fingerprint density at radius 3 is 3.06 bits per heavy atom. The van der Waals surface area contributed by atoms with Crippen molar-refractivity contribution in [2.45, 2.75) is 25.6 Å². The minimum Gasteiger partial charge on any atom is -0.396 e. The second-order valence-electron chi connectivity index (χ2n) is 4.01. The van der Waals surface area contributed by atoms with Gasteiger partial charge in [-0.25, -0.2) is 4.39 Å². The monoisotopic (exact) mass is 225 g/mol. The summed E-state index contributed by atoms with van der Waals surface area (Å²) in [5.74, 6) is -0.391. The number of hydrogen-bond donors (Lipinski definition) is 1. The average Bonchev–Trinajstić information content (AvgIpc) is 2.76. The van der Waals surface area contributed by atoms with Gasteiger partial charge in [-0.15, -0.1) is 0 Å². The van der Waals surface area contributed by atoms with Crippen LogP contribution in [-0.2, 0) is 16.1 Å². The summed E-state index contributed by atoms with van der Waals surface area (Å²) in [6.07, 6.45) is 2.36. The highest BCUT2D eigenvalue weighted by atomic mass is 19.1. The smallest absolute Gasteiger partial charge is 0.146 e. The van der Waals surface area contributed by atoms with Gasteiger partial charge in [-0.2, -0.15) is 0 Å². The lowest BCUT2D eigenvalue weighted by atomic mass is 10.2. The zero-order valence-electron chi connectivity index (χ0n) is 9.12. The fraction of sp³-hybridized carbons (Fsp3) is 0.500. The van der Waals surface area contributed by atoms with Crippen LogP contribution in [0, 0.1) is 5.82 Å². The Hall–Kier alpha value is -1.13. The maximum absolute atomic E-state index is 13.1. The molecule has 2 N–H and O–H groups in total. The van der Waals surface area contributed by atoms with Crippen LogP contribution in [0.5, 0.6) is 0 Å². The number of nitrogen functional groups attached to an aromatic ring is 1. The molecule has 2 rings (SSSR count). The minimum absolute atomic E-state index is 0.169. The maximum atomic E-state index is 13.1. The second kappa shape index (κ2) is 5.27. The molecule has 1 atom stereocenters. The number of anilines is 1. The Balaban J connectivity index is 1.78. The molecule has 1 fully saturated rings. The predicted octanol–water partition coefficient (Wildman–Crippen LogP) is 2.10. The van der Waals surface area contributed by atoms with E-state index >= 15 is 0 Å². The number of halogens is 1. The van der Waals surface area contributed by atoms with Crippen molar-refractivity contribution in [1.82, 2.24) is 0 Å². The van der Waals surface area contributed by atoms with Gasteiger partial charge in [0, 0.05) is 6.61 Å². The Kier molecular flexibility index (Phi) is 3.74. The van der Waals surface area contributed by atoms with Crippen molar-refractivity contribution in [3.63, 3.8) is 0 Å². The molecule has 1 aromatic carbocycles. The molecule has 16 heavy (non-hydrogen) atoms. The second-order valence-corrected chi connectivity index (χ2v) is 4.01. The number of ether oxygens (including phenoxy) is 2. The molecule has 0 saturated carbocycles. The van der Waals surface area contributed by atoms with E-state index in [1.807, 2.05) is 0 Å². The molecule has 88 valence electrons. The van der Waals surface area contributed by atoms with Crippen molar-refractivity contribution >= 4 is 5.69 Å². The largest absolute Gasteiger partial charge is 0.396 e. The Bertz CT molecular complexity index is 351. The minimum atomic E-state index is -0.391. The molecule has 3 nitrogen and oxygen atoms in total. The molecule has 1 aliphatic rings. The van der Waals surface area contributed by atoms with Gasteiger partial charge in [-0.1, -0.05) is 6.07 Å². The first kappa shape index (κ1) is 11.4. The van der Waals surface area contributed by atoms with E-state index in [0.717, 1.165) is 25.0 Å². The normalized spacial score (nSPS) is 20.2. The van der Waals surface area contributed by atoms with Gasteiger partial charge in [0.05, 0.1) is 25.0 Å². The number of rotatable bonds is 4. The van der Waals surface area contributed by atoms with Crippen molar-refractivity contribution in [2.75, 3.05) is 18.9 Å². The van der Waals surface area contributed by atoms with E-state index in [9.17, 15) is 4.39 Å². The van der Waals surface area contributed by atoms with Crippen LogP contribution in [0.3, 0.4) is 0 Å². The molecule has 0 bridgehead atoms. The van der Waals surface area contributed by atoms with Gasteiger partial charge in [-0.3, -0.25) is 0 Å². The summed E-state index contributed by atoms with van der Waals surface area (Å²) in [7, 11) is 0. The van der Waals surface area contributed by atoms with Gasteiger partial charge in [0.1, 0.15) is 5.82 Å². The highest BCUT2D eigenvalue weighted by Crippen LogP contribution is 2.15. The molecule has 1 aromatic rings. The molecular formula is C12H16FNO2. The lowest BCUT2D eigenvalue weighted by Gasteiger charge is -2.10. The van der Waals surface area contributed by atoms with Crippen LogP contribution < -0.4 is 5.73 Å². The fourth-order valence-corrected chi connectivity index (χ4v) is 1.74. The summed E-state index contributed by atoms with van der Waals surface area (Å²) >= 11 is 0. The first-order valence-electron chi connectivity index (χ1n) is 5.49. The summed E-state index contributed by atoms with van der Waals surface area (Å²) in [4.78, 5) is 0. The van der Waals surface area contributed by atoms with Gasteiger partial charge in [0.15, 0.2) is 0 Å². The first-order chi connectivity index (χ1) is 7.75. The third-order valence-corrected chi connectivity index (χ3v) is 2.66. The van der Waals surface area contributed by atoms with Crippen molar-refractivity contribution in [3.8, 4) is 0 Å². The molecular weight excluding hydrogens is 209 g/mol. The molecule has 0 amide bonds. The first-order valence-corrected chi connectivity index (χ1v) is 5.49. The van der Waals surface area contributed by atoms with Crippen molar-refractivity contribution < 1.29 is 13.9 Å². The highest BCUT2D eigenvalue weighted by Gasteiger charge is 2.15. The maximum Gasteiger partial charge on any atom is 0.146 e. The molecule has 1 heterocycles. The van der Waals surface area contributed by atoms with Crippen LogP contribution >= 0.6 is 0 Å². The van der Waals surface area contributed by atoms with E-state index in [1.54, 1.807) is 12.1 Å². The Morgan fingerprint density at radius 1 is 1.50 bits per heavy atom. The molecule has 4 heteroatoms. The van der Waals surface area contributed by atoms with Gasteiger partial charge in [0.25, 0.3) is 0 Å². The summed E-state index contributed by atoms with van der Waals surface area (Å²) < 4.78 is 24.0. The highest BCUT2D eigenvalue weighted by molar-refractivity contribution is 5.41. The lowest BCUT2D eigenvalue weighted by Crippen LogP contribution is -2.13. The van der Waals surface area contributed by atoms with E-state index in [0.29, 0.717) is 13.2 Å². The van der Waals surface area contributed by atoms with Crippen molar-refractivity contribution in [1.29, 1.82) is 0 Å². The Labute approximate surface area is 94.3 Å². The van der Waals surface area contributed by atoms with Crippen LogP contribution in [0.2, 0.25) is 0 Å². The molecule has 1 saturated heterocycles. The topological polar surface area (TPSA) is 44.5 Å². The summed E-state index contributed by atoms with van der Waals surface area (Å²) in [6, 6.07) is 4.73. The van der Waals surface area contributed by atoms with Gasteiger partial charge in [-0.05, 0) is 30.5 Å². The zero-order chi connectivity index (χ0) is 11.4. The Morgan fingerprint density at radius 2 is 2.38 bits per heavy atom. The number of benzene rings is 1. The quantitative estimate of drug-likeness (QED) is 0.798. The standard InChI is InChI=1S/C12H16FNO2/c13-11-6-9(3-4-12(11)14)7-15-8-10-2-1-5-16-10/h3-4,6,10H,1-2,5,7-8,14H2. The van der Waals surface area contributed by atoms with Gasteiger partial charge in [0.2, 0.25) is 0 Å². The summed E-state index contributed by atoms with van der Waals surface area (Å²) in [6.45, 7) is 1.80. The predicted molar refractivity (Wildman–Crippen MR) is 59.4 cm³/mol. The third-order valence-electron chi connectivity index (χ3n) is 2.66. The summed E-state index contributed by atoms with van der Waals surface area (Å²) in [5.41, 5.74) is 6.35. The average molecular weight is 225 g/mol. The van der Waals surface area contributed by atoms with E-state index in [4.69, 9.17) is 15.2 Å². The van der Waals surface area contributed by atoms with Crippen molar-refractivity contribution in [2.24, 2.45) is 0 Å². The third kappa shape index (κ3) is 2.93. The number of hydrogen-bond acceptors (Lipinski definition) is 3. The molecule has 1 aliphatic heterocycles. The lowest BCUT2D eigenvalue weighted by molar-refractivity contribution is 0.0105. The molecule has 1 unspecified atom stereocenters. The molecule has 0 spiro atoms. The van der Waals surface area contributed by atoms with E-state index in [-0.39, 0.29) is 11.8 Å². The number of nitrogens with two attached hydrogens (primary N) is 1. The fourth-order valence-electron chi connectivity index (χ4n) is 1.74.